The van der Waals surface area contributed by atoms with E-state index in [0.29, 0.717) is 42.5 Å². The fourth-order valence-corrected chi connectivity index (χ4v) is 9.72. The number of carbonyl (C=O) groups is 3. The molecule has 8 aromatic carbocycles. The first kappa shape index (κ1) is 61.3. The van der Waals surface area contributed by atoms with Crippen molar-refractivity contribution in [1.29, 1.82) is 0 Å². The molecule has 0 bridgehead atoms. The van der Waals surface area contributed by atoms with Crippen molar-refractivity contribution >= 4 is 63.7 Å². The highest BCUT2D eigenvalue weighted by Gasteiger charge is 2.25. The first-order valence-electron chi connectivity index (χ1n) is 27.9. The normalized spacial score (nSPS) is 12.2. The number of carbonyl (C=O) groups excluding carboxylic acids is 3. The van der Waals surface area contributed by atoms with Crippen LogP contribution in [0.4, 0.5) is 9.59 Å². The largest absolute Gasteiger partial charge is 0.508 e. The van der Waals surface area contributed by atoms with Crippen molar-refractivity contribution in [1.82, 2.24) is 9.80 Å². The third-order valence-corrected chi connectivity index (χ3v) is 14.5. The van der Waals surface area contributed by atoms with Gasteiger partial charge in [0, 0.05) is 20.0 Å². The molecule has 0 saturated carbocycles. The molecule has 0 aliphatic rings. The molecule has 0 fully saturated rings. The van der Waals surface area contributed by atoms with Crippen LogP contribution in [0.3, 0.4) is 0 Å². The lowest BCUT2D eigenvalue weighted by molar-refractivity contribution is -0.143. The van der Waals surface area contributed by atoms with Crippen LogP contribution in [0.15, 0.2) is 212 Å². The zero-order chi connectivity index (χ0) is 59.4. The first-order valence-corrected chi connectivity index (χ1v) is 28.8. The standard InChI is InChI=1S/C71H70Cl2N2O9/c1-71(2,3)68(77)84-62-38-30-56(31-39-62)66(63(40-41-72)52-19-11-7-12-20-52)55-26-34-60(35-27-55)80-45-43-75(5)70(79)83-49-51-18-15-23-58(46-51)65(73)47-64(53-21-13-8-14-22-53)67(54-24-32-59(76)33-25-54)57-28-36-61(37-29-57)81-44-42-74(4)69(78)82-48-50-16-9-6-10-17-50/h6-39,46,65,76H,40-45,47-49H2,1-5H3/b66-63+,67-64-. The fraction of sp³-hybridized carbons (Fsp3) is 0.225. The van der Waals surface area contributed by atoms with Gasteiger partial charge in [-0.1, -0.05) is 164 Å². The predicted molar refractivity (Wildman–Crippen MR) is 335 cm³/mol. The Morgan fingerprint density at radius 1 is 0.500 bits per heavy atom. The molecule has 11 nitrogen and oxygen atoms in total. The average Bonchev–Trinajstić information content (AvgIpc) is 3.07. The van der Waals surface area contributed by atoms with Gasteiger partial charge in [-0.05, 0) is 155 Å². The molecule has 0 spiro atoms. The number of amides is 2. The molecule has 2 amide bonds. The zero-order valence-electron chi connectivity index (χ0n) is 48.0. The summed E-state index contributed by atoms with van der Waals surface area (Å²) in [5.41, 5.74) is 11.6. The highest BCUT2D eigenvalue weighted by Crippen LogP contribution is 2.41. The van der Waals surface area contributed by atoms with Crippen LogP contribution in [0.25, 0.3) is 22.3 Å². The first-order chi connectivity index (χ1) is 40.6. The number of likely N-dealkylation sites (N-methyl/N-ethyl adjacent to an activating group) is 2. The zero-order valence-corrected chi connectivity index (χ0v) is 49.5. The number of benzene rings is 8. The number of allylic oxidation sites excluding steroid dienone is 2. The lowest BCUT2D eigenvalue weighted by atomic mass is 9.86. The van der Waals surface area contributed by atoms with E-state index in [2.05, 4.69) is 24.3 Å². The van der Waals surface area contributed by atoms with E-state index < -0.39 is 23.0 Å². The van der Waals surface area contributed by atoms with E-state index >= 15 is 0 Å². The molecule has 8 rings (SSSR count). The quantitative estimate of drug-likeness (QED) is 0.0273. The Bertz CT molecular complexity index is 3480. The van der Waals surface area contributed by atoms with E-state index in [4.69, 9.17) is 46.9 Å². The summed E-state index contributed by atoms with van der Waals surface area (Å²) in [5, 5.41) is 9.85. The van der Waals surface area contributed by atoms with Crippen molar-refractivity contribution in [2.75, 3.05) is 46.3 Å². The highest BCUT2D eigenvalue weighted by molar-refractivity contribution is 6.22. The van der Waals surface area contributed by atoms with Gasteiger partial charge in [0.15, 0.2) is 0 Å². The Labute approximate surface area is 503 Å². The second-order valence-corrected chi connectivity index (χ2v) is 22.1. The van der Waals surface area contributed by atoms with Crippen molar-refractivity contribution in [3.8, 4) is 23.0 Å². The Kier molecular flexibility index (Phi) is 21.9. The van der Waals surface area contributed by atoms with Crippen LogP contribution in [-0.2, 0) is 27.5 Å². The van der Waals surface area contributed by atoms with E-state index in [0.717, 1.165) is 72.4 Å². The maximum atomic E-state index is 13.4. The molecular weight excluding hydrogens is 1100 g/mol. The lowest BCUT2D eigenvalue weighted by Crippen LogP contribution is -2.31. The molecule has 1 N–H and O–H groups in total. The number of rotatable bonds is 24. The van der Waals surface area contributed by atoms with Gasteiger partial charge >= 0.3 is 18.2 Å². The summed E-state index contributed by atoms with van der Waals surface area (Å²) >= 11 is 13.9. The second-order valence-electron chi connectivity index (χ2n) is 21.2. The van der Waals surface area contributed by atoms with Crippen LogP contribution in [-0.4, -0.2) is 79.3 Å². The molecule has 0 aliphatic carbocycles. The molecule has 432 valence electrons. The Morgan fingerprint density at radius 2 is 0.917 bits per heavy atom. The summed E-state index contributed by atoms with van der Waals surface area (Å²) in [6, 6.07) is 67.8. The molecule has 8 aromatic rings. The van der Waals surface area contributed by atoms with Gasteiger partial charge in [0.25, 0.3) is 0 Å². The monoisotopic (exact) mass is 1160 g/mol. The predicted octanol–water partition coefficient (Wildman–Crippen LogP) is 16.6. The van der Waals surface area contributed by atoms with Crippen LogP contribution >= 0.6 is 23.2 Å². The summed E-state index contributed by atoms with van der Waals surface area (Å²) in [4.78, 5) is 41.6. The SMILES string of the molecule is CN(CCOc1ccc(/C(=C(/CC(Cl)c2cccc(COC(=O)N(C)CCOc3ccc(/C(=C(/CCCl)c4ccccc4)c4ccc(OC(=O)C(C)(C)C)cc4)cc3)c2)c2ccccc2)c2ccc(O)cc2)cc1)C(=O)OCc1ccccc1. The minimum absolute atomic E-state index is 0.0292. The number of esters is 1. The topological polar surface area (TPSA) is 124 Å². The molecule has 13 heteroatoms. The van der Waals surface area contributed by atoms with E-state index in [9.17, 15) is 19.5 Å². The number of phenols is 1. The molecular formula is C71H70Cl2N2O9. The summed E-state index contributed by atoms with van der Waals surface area (Å²) in [5.74, 6) is 1.99. The number of aromatic hydroxyl groups is 1. The van der Waals surface area contributed by atoms with E-state index in [1.165, 1.54) is 9.80 Å². The van der Waals surface area contributed by atoms with Crippen LogP contribution in [0.5, 0.6) is 23.0 Å². The number of hydrogen-bond donors (Lipinski definition) is 1. The lowest BCUT2D eigenvalue weighted by Gasteiger charge is -2.21. The maximum absolute atomic E-state index is 13.4. The molecule has 84 heavy (non-hydrogen) atoms. The summed E-state index contributed by atoms with van der Waals surface area (Å²) in [6.07, 6.45) is 0.107. The molecule has 0 radical (unpaired) electrons. The van der Waals surface area contributed by atoms with Crippen molar-refractivity contribution in [3.63, 3.8) is 0 Å². The molecule has 0 heterocycles. The minimum atomic E-state index is -0.641. The Hall–Kier alpha value is -8.77. The minimum Gasteiger partial charge on any atom is -0.508 e. The van der Waals surface area contributed by atoms with Crippen molar-refractivity contribution < 1.29 is 43.2 Å². The summed E-state index contributed by atoms with van der Waals surface area (Å²) in [7, 11) is 3.35. The fourth-order valence-electron chi connectivity index (χ4n) is 9.24. The van der Waals surface area contributed by atoms with E-state index in [1.54, 1.807) is 26.2 Å². The Morgan fingerprint density at radius 3 is 1.39 bits per heavy atom. The molecule has 0 aromatic heterocycles. The van der Waals surface area contributed by atoms with Gasteiger partial charge in [0.05, 0.1) is 23.9 Å². The van der Waals surface area contributed by atoms with Gasteiger partial charge in [0.1, 0.15) is 49.4 Å². The van der Waals surface area contributed by atoms with Gasteiger partial charge in [-0.25, -0.2) is 9.59 Å². The second kappa shape index (κ2) is 30.0. The van der Waals surface area contributed by atoms with Crippen molar-refractivity contribution in [3.05, 3.63) is 262 Å². The third kappa shape index (κ3) is 17.4. The Balaban J connectivity index is 0.899. The van der Waals surface area contributed by atoms with Crippen molar-refractivity contribution in [2.24, 2.45) is 5.41 Å². The van der Waals surface area contributed by atoms with Gasteiger partial charge in [0.2, 0.25) is 0 Å². The van der Waals surface area contributed by atoms with E-state index in [-0.39, 0.29) is 44.7 Å². The summed E-state index contributed by atoms with van der Waals surface area (Å²) in [6.45, 7) is 6.77. The number of phenolic OH excluding ortho intramolecular Hbond substituents is 1. The number of nitrogens with zero attached hydrogens (tertiary/aromatic N) is 2. The molecule has 0 aliphatic heterocycles. The van der Waals surface area contributed by atoms with Gasteiger partial charge in [-0.3, -0.25) is 4.79 Å². The number of ether oxygens (including phenoxy) is 5. The van der Waals surface area contributed by atoms with Gasteiger partial charge in [-0.15, -0.1) is 23.2 Å². The number of halogens is 2. The number of hydrogen-bond acceptors (Lipinski definition) is 9. The van der Waals surface area contributed by atoms with Gasteiger partial charge in [-0.2, -0.15) is 0 Å². The van der Waals surface area contributed by atoms with Crippen LogP contribution in [0, 0.1) is 5.41 Å². The smallest absolute Gasteiger partial charge is 0.409 e. The van der Waals surface area contributed by atoms with Crippen LogP contribution < -0.4 is 14.2 Å². The van der Waals surface area contributed by atoms with Crippen LogP contribution in [0.2, 0.25) is 0 Å². The summed E-state index contributed by atoms with van der Waals surface area (Å²) < 4.78 is 29.2. The molecule has 1 unspecified atom stereocenters. The average molecular weight is 1170 g/mol. The highest BCUT2D eigenvalue weighted by atomic mass is 35.5. The molecule has 0 saturated heterocycles. The number of alkyl halides is 2. The van der Waals surface area contributed by atoms with E-state index in [1.807, 2.05) is 197 Å². The maximum Gasteiger partial charge on any atom is 0.409 e. The van der Waals surface area contributed by atoms with Crippen LogP contribution in [0.1, 0.15) is 89.1 Å². The van der Waals surface area contributed by atoms with Crippen molar-refractivity contribution in [2.45, 2.75) is 52.2 Å². The molecule has 1 atom stereocenters. The third-order valence-electron chi connectivity index (χ3n) is 13.9. The van der Waals surface area contributed by atoms with Gasteiger partial charge < -0.3 is 38.6 Å².